The zero-order valence-electron chi connectivity index (χ0n) is 19.5. The van der Waals surface area contributed by atoms with Gasteiger partial charge in [0.2, 0.25) is 15.1 Å². The standard InChI is InChI=1S/C24H28ClN3O5S2/c1-31-21-7-6-17(14-22(21)32-2)8-9-27-35(29,30)23-16-20(25)24(34-23)33-19-5-3-4-18(15-19)28-12-10-26-11-13-28/h3-7,14-16,26-27H,8-13H2,1-2H3. The van der Waals surface area contributed by atoms with Crippen molar-refractivity contribution < 1.29 is 22.6 Å². The molecule has 1 aliphatic heterocycles. The Morgan fingerprint density at radius 3 is 2.57 bits per heavy atom. The number of rotatable bonds is 10. The number of methoxy groups -OCH3 is 2. The summed E-state index contributed by atoms with van der Waals surface area (Å²) in [6, 6.07) is 14.6. The summed E-state index contributed by atoms with van der Waals surface area (Å²) in [5, 5.41) is 3.92. The van der Waals surface area contributed by atoms with Gasteiger partial charge in [-0.05, 0) is 42.3 Å². The molecule has 188 valence electrons. The third-order valence-corrected chi connectivity index (χ3v) is 8.90. The van der Waals surface area contributed by atoms with Gasteiger partial charge in [-0.15, -0.1) is 0 Å². The van der Waals surface area contributed by atoms with Crippen LogP contribution in [-0.2, 0) is 16.4 Å². The first-order chi connectivity index (χ1) is 16.9. The van der Waals surface area contributed by atoms with Crippen molar-refractivity contribution in [3.63, 3.8) is 0 Å². The van der Waals surface area contributed by atoms with Crippen LogP contribution in [0.1, 0.15) is 5.56 Å². The van der Waals surface area contributed by atoms with Crippen LogP contribution in [0, 0.1) is 0 Å². The molecule has 35 heavy (non-hydrogen) atoms. The van der Waals surface area contributed by atoms with Gasteiger partial charge >= 0.3 is 0 Å². The Bertz CT molecular complexity index is 1260. The van der Waals surface area contributed by atoms with Crippen LogP contribution in [0.4, 0.5) is 5.69 Å². The molecule has 1 fully saturated rings. The fourth-order valence-electron chi connectivity index (χ4n) is 3.74. The number of halogens is 1. The van der Waals surface area contributed by atoms with Crippen LogP contribution in [-0.4, -0.2) is 55.4 Å². The van der Waals surface area contributed by atoms with Crippen LogP contribution < -0.4 is 29.1 Å². The smallest absolute Gasteiger partial charge is 0.250 e. The van der Waals surface area contributed by atoms with E-state index in [0.29, 0.717) is 28.7 Å². The van der Waals surface area contributed by atoms with Gasteiger partial charge in [0.1, 0.15) is 9.96 Å². The predicted octanol–water partition coefficient (Wildman–Crippen LogP) is 4.14. The number of nitrogens with zero attached hydrogens (tertiary/aromatic N) is 1. The fourth-order valence-corrected chi connectivity index (χ4v) is 6.42. The molecule has 0 spiro atoms. The van der Waals surface area contributed by atoms with Crippen molar-refractivity contribution in [3.05, 3.63) is 59.1 Å². The van der Waals surface area contributed by atoms with E-state index in [1.165, 1.54) is 6.07 Å². The molecule has 1 aromatic heterocycles. The topological polar surface area (TPSA) is 89.1 Å². The summed E-state index contributed by atoms with van der Waals surface area (Å²) in [5.41, 5.74) is 1.98. The van der Waals surface area contributed by atoms with E-state index in [1.54, 1.807) is 20.3 Å². The molecule has 0 bridgehead atoms. The van der Waals surface area contributed by atoms with E-state index in [4.69, 9.17) is 25.8 Å². The molecule has 0 unspecified atom stereocenters. The summed E-state index contributed by atoms with van der Waals surface area (Å²) >= 11 is 7.33. The van der Waals surface area contributed by atoms with Crippen molar-refractivity contribution >= 4 is 38.6 Å². The minimum atomic E-state index is -3.75. The lowest BCUT2D eigenvalue weighted by Crippen LogP contribution is -2.43. The van der Waals surface area contributed by atoms with Gasteiger partial charge in [0.15, 0.2) is 11.5 Å². The van der Waals surface area contributed by atoms with Crippen molar-refractivity contribution in [2.45, 2.75) is 10.6 Å². The second-order valence-electron chi connectivity index (χ2n) is 7.87. The first-order valence-corrected chi connectivity index (χ1v) is 13.8. The number of nitrogens with one attached hydrogen (secondary N) is 2. The Morgan fingerprint density at radius 1 is 1.06 bits per heavy atom. The second-order valence-corrected chi connectivity index (χ2v) is 11.3. The second kappa shape index (κ2) is 11.5. The van der Waals surface area contributed by atoms with Gasteiger partial charge in [-0.25, -0.2) is 13.1 Å². The van der Waals surface area contributed by atoms with Crippen molar-refractivity contribution in [2.75, 3.05) is 51.8 Å². The Hall–Kier alpha value is -2.50. The SMILES string of the molecule is COc1ccc(CCNS(=O)(=O)c2cc(Cl)c(Oc3cccc(N4CCNCC4)c3)s2)cc1OC. The minimum Gasteiger partial charge on any atom is -0.493 e. The number of ether oxygens (including phenoxy) is 3. The average molecular weight is 538 g/mol. The predicted molar refractivity (Wildman–Crippen MR) is 139 cm³/mol. The van der Waals surface area contributed by atoms with E-state index in [0.717, 1.165) is 48.8 Å². The van der Waals surface area contributed by atoms with Crippen molar-refractivity contribution in [1.82, 2.24) is 10.0 Å². The molecule has 0 aliphatic carbocycles. The molecule has 2 heterocycles. The zero-order valence-corrected chi connectivity index (χ0v) is 21.9. The Kier molecular flexibility index (Phi) is 8.40. The summed E-state index contributed by atoms with van der Waals surface area (Å²) in [6.07, 6.45) is 0.487. The van der Waals surface area contributed by atoms with E-state index in [9.17, 15) is 8.42 Å². The van der Waals surface area contributed by atoms with E-state index >= 15 is 0 Å². The minimum absolute atomic E-state index is 0.100. The lowest BCUT2D eigenvalue weighted by Gasteiger charge is -2.29. The van der Waals surface area contributed by atoms with Gasteiger partial charge in [0, 0.05) is 44.5 Å². The van der Waals surface area contributed by atoms with Crippen LogP contribution in [0.15, 0.2) is 52.7 Å². The molecule has 1 saturated heterocycles. The highest BCUT2D eigenvalue weighted by Crippen LogP contribution is 2.40. The first kappa shape index (κ1) is 25.6. The Balaban J connectivity index is 1.40. The van der Waals surface area contributed by atoms with Gasteiger partial charge in [-0.1, -0.05) is 35.1 Å². The summed E-state index contributed by atoms with van der Waals surface area (Å²) in [7, 11) is -0.615. The lowest BCUT2D eigenvalue weighted by molar-refractivity contribution is 0.354. The quantitative estimate of drug-likeness (QED) is 0.402. The highest BCUT2D eigenvalue weighted by molar-refractivity contribution is 7.91. The molecule has 8 nitrogen and oxygen atoms in total. The van der Waals surface area contributed by atoms with Crippen molar-refractivity contribution in [3.8, 4) is 22.3 Å². The van der Waals surface area contributed by atoms with Crippen LogP contribution >= 0.6 is 22.9 Å². The van der Waals surface area contributed by atoms with E-state index in [2.05, 4.69) is 14.9 Å². The Morgan fingerprint density at radius 2 is 1.83 bits per heavy atom. The van der Waals surface area contributed by atoms with Crippen LogP contribution in [0.3, 0.4) is 0 Å². The molecular formula is C24H28ClN3O5S2. The maximum absolute atomic E-state index is 12.9. The molecule has 0 saturated carbocycles. The molecule has 0 amide bonds. The highest BCUT2D eigenvalue weighted by atomic mass is 35.5. The van der Waals surface area contributed by atoms with Gasteiger partial charge in [-0.3, -0.25) is 0 Å². The molecule has 0 radical (unpaired) electrons. The molecule has 0 atom stereocenters. The number of hydrogen-bond acceptors (Lipinski definition) is 8. The summed E-state index contributed by atoms with van der Waals surface area (Å²) in [4.78, 5) is 2.28. The monoisotopic (exact) mass is 537 g/mol. The molecular weight excluding hydrogens is 510 g/mol. The van der Waals surface area contributed by atoms with Gasteiger partial charge < -0.3 is 24.4 Å². The third-order valence-electron chi connectivity index (χ3n) is 5.56. The average Bonchev–Trinajstić information content (AvgIpc) is 3.25. The molecule has 11 heteroatoms. The number of benzene rings is 2. The van der Waals surface area contributed by atoms with Crippen LogP contribution in [0.5, 0.6) is 22.3 Å². The van der Waals surface area contributed by atoms with Crippen molar-refractivity contribution in [2.24, 2.45) is 0 Å². The fraction of sp³-hybridized carbons (Fsp3) is 0.333. The molecule has 3 aromatic rings. The highest BCUT2D eigenvalue weighted by Gasteiger charge is 2.21. The third kappa shape index (κ3) is 6.39. The zero-order chi connectivity index (χ0) is 24.8. The normalized spacial score (nSPS) is 14.1. The van der Waals surface area contributed by atoms with Gasteiger partial charge in [-0.2, -0.15) is 0 Å². The van der Waals surface area contributed by atoms with Crippen LogP contribution in [0.2, 0.25) is 5.02 Å². The van der Waals surface area contributed by atoms with E-state index < -0.39 is 10.0 Å². The summed E-state index contributed by atoms with van der Waals surface area (Å²) in [6.45, 7) is 3.92. The lowest BCUT2D eigenvalue weighted by atomic mass is 10.1. The summed E-state index contributed by atoms with van der Waals surface area (Å²) < 4.78 is 44.9. The number of anilines is 1. The van der Waals surface area contributed by atoms with Crippen LogP contribution in [0.25, 0.3) is 0 Å². The number of sulfonamides is 1. The van der Waals surface area contributed by atoms with E-state index in [-0.39, 0.29) is 15.8 Å². The largest absolute Gasteiger partial charge is 0.493 e. The molecule has 1 aliphatic rings. The van der Waals surface area contributed by atoms with Gasteiger partial charge in [0.25, 0.3) is 0 Å². The number of hydrogen-bond donors (Lipinski definition) is 2. The summed E-state index contributed by atoms with van der Waals surface area (Å²) in [5.74, 6) is 1.83. The number of piperazine rings is 1. The van der Waals surface area contributed by atoms with Gasteiger partial charge in [0.05, 0.1) is 19.2 Å². The first-order valence-electron chi connectivity index (χ1n) is 11.1. The maximum Gasteiger partial charge on any atom is 0.250 e. The maximum atomic E-state index is 12.9. The van der Waals surface area contributed by atoms with E-state index in [1.807, 2.05) is 36.4 Å². The molecule has 4 rings (SSSR count). The van der Waals surface area contributed by atoms with Crippen molar-refractivity contribution in [1.29, 1.82) is 0 Å². The molecule has 2 N–H and O–H groups in total. The molecule has 2 aromatic carbocycles. The number of thiophene rings is 1. The Labute approximate surface area is 214 Å².